The number of thiophene rings is 1. The first-order chi connectivity index (χ1) is 14.9. The standard InChI is InChI=1S/C24H22N4O2S/c1-24(20-12-18(14-31-20)17-6-4-5-15(11-17)13-25)21(22(29)28(2)23(26)27-24)16-7-9-19(30-3)10-8-16/h4-12,14,21H,1-3H3,(H2,26,27)/t21-,24-/m1/s1. The lowest BCUT2D eigenvalue weighted by atomic mass is 9.76. The SMILES string of the molecule is COc1ccc([C@@H]2C(=O)N(C)C(=N)N[C@]2(C)c2cc(-c3cccc(C#N)c3)cs2)cc1. The summed E-state index contributed by atoms with van der Waals surface area (Å²) in [5.74, 6) is 0.129. The zero-order valence-electron chi connectivity index (χ0n) is 17.5. The predicted molar refractivity (Wildman–Crippen MR) is 121 cm³/mol. The molecule has 0 radical (unpaired) electrons. The fourth-order valence-corrected chi connectivity index (χ4v) is 5.02. The fraction of sp³-hybridized carbons (Fsp3) is 0.208. The molecule has 1 aliphatic heterocycles. The van der Waals surface area contributed by atoms with Gasteiger partial charge in [0.1, 0.15) is 5.75 Å². The molecule has 1 amide bonds. The minimum Gasteiger partial charge on any atom is -0.497 e. The lowest BCUT2D eigenvalue weighted by Crippen LogP contribution is -2.62. The van der Waals surface area contributed by atoms with E-state index >= 15 is 0 Å². The van der Waals surface area contributed by atoms with Crippen LogP contribution in [0.25, 0.3) is 11.1 Å². The van der Waals surface area contributed by atoms with Gasteiger partial charge in [0.25, 0.3) is 0 Å². The van der Waals surface area contributed by atoms with Gasteiger partial charge in [-0.15, -0.1) is 11.3 Å². The monoisotopic (exact) mass is 430 g/mol. The highest BCUT2D eigenvalue weighted by Crippen LogP contribution is 2.44. The number of hydrogen-bond donors (Lipinski definition) is 2. The third-order valence-corrected chi connectivity index (χ3v) is 6.92. The molecule has 2 aromatic carbocycles. The van der Waals surface area contributed by atoms with Gasteiger partial charge in [-0.2, -0.15) is 5.26 Å². The molecule has 0 bridgehead atoms. The number of ether oxygens (including phenoxy) is 1. The van der Waals surface area contributed by atoms with E-state index in [1.807, 2.05) is 60.8 Å². The molecule has 3 aromatic rings. The smallest absolute Gasteiger partial charge is 0.239 e. The van der Waals surface area contributed by atoms with E-state index in [1.54, 1.807) is 20.2 Å². The Kier molecular flexibility index (Phi) is 5.25. The molecule has 0 aliphatic carbocycles. The normalized spacial score (nSPS) is 20.8. The van der Waals surface area contributed by atoms with Crippen LogP contribution in [0.4, 0.5) is 0 Å². The van der Waals surface area contributed by atoms with Crippen LogP contribution in [0.1, 0.15) is 28.8 Å². The first-order valence-corrected chi connectivity index (χ1v) is 10.6. The van der Waals surface area contributed by atoms with Crippen LogP contribution in [0, 0.1) is 16.7 Å². The van der Waals surface area contributed by atoms with Crippen LogP contribution in [0.5, 0.6) is 5.75 Å². The van der Waals surface area contributed by atoms with Crippen LogP contribution >= 0.6 is 11.3 Å². The summed E-state index contributed by atoms with van der Waals surface area (Å²) in [6.07, 6.45) is 0. The maximum atomic E-state index is 13.3. The summed E-state index contributed by atoms with van der Waals surface area (Å²) in [4.78, 5) is 15.6. The lowest BCUT2D eigenvalue weighted by molar-refractivity contribution is -0.131. The quantitative estimate of drug-likeness (QED) is 0.646. The Bertz CT molecular complexity index is 1190. The van der Waals surface area contributed by atoms with E-state index in [1.165, 1.54) is 16.2 Å². The topological polar surface area (TPSA) is 89.2 Å². The van der Waals surface area contributed by atoms with Gasteiger partial charge < -0.3 is 10.1 Å². The second kappa shape index (κ2) is 7.89. The number of benzene rings is 2. The molecule has 0 saturated carbocycles. The molecule has 1 aliphatic rings. The molecular weight excluding hydrogens is 408 g/mol. The Morgan fingerprint density at radius 3 is 2.61 bits per heavy atom. The summed E-state index contributed by atoms with van der Waals surface area (Å²) < 4.78 is 5.26. The first kappa shape index (κ1) is 20.6. The third kappa shape index (κ3) is 3.56. The van der Waals surface area contributed by atoms with Gasteiger partial charge in [-0.3, -0.25) is 15.1 Å². The highest BCUT2D eigenvalue weighted by Gasteiger charge is 2.49. The molecule has 4 rings (SSSR count). The Morgan fingerprint density at radius 1 is 1.19 bits per heavy atom. The second-order valence-corrected chi connectivity index (χ2v) is 8.58. The highest BCUT2D eigenvalue weighted by molar-refractivity contribution is 7.10. The van der Waals surface area contributed by atoms with Crippen molar-refractivity contribution in [3.05, 3.63) is 76.0 Å². The molecule has 1 aromatic heterocycles. The highest BCUT2D eigenvalue weighted by atomic mass is 32.1. The van der Waals surface area contributed by atoms with Gasteiger partial charge in [0.05, 0.1) is 30.2 Å². The number of hydrogen-bond acceptors (Lipinski definition) is 5. The van der Waals surface area contributed by atoms with Crippen molar-refractivity contribution in [2.45, 2.75) is 18.4 Å². The van der Waals surface area contributed by atoms with Gasteiger partial charge in [0.2, 0.25) is 5.91 Å². The van der Waals surface area contributed by atoms with E-state index in [9.17, 15) is 10.1 Å². The average Bonchev–Trinajstić information content (AvgIpc) is 3.29. The Labute approximate surface area is 185 Å². The molecule has 1 saturated heterocycles. The number of carbonyl (C=O) groups excluding carboxylic acids is 1. The molecule has 1 fully saturated rings. The molecule has 2 heterocycles. The molecule has 2 N–H and O–H groups in total. The van der Waals surface area contributed by atoms with Crippen molar-refractivity contribution in [3.8, 4) is 22.9 Å². The van der Waals surface area contributed by atoms with Crippen molar-refractivity contribution in [3.63, 3.8) is 0 Å². The van der Waals surface area contributed by atoms with Crippen molar-refractivity contribution in [2.75, 3.05) is 14.2 Å². The van der Waals surface area contributed by atoms with Gasteiger partial charge in [-0.25, -0.2) is 0 Å². The van der Waals surface area contributed by atoms with E-state index < -0.39 is 11.5 Å². The summed E-state index contributed by atoms with van der Waals surface area (Å²) in [6.45, 7) is 1.96. The van der Waals surface area contributed by atoms with Crippen molar-refractivity contribution < 1.29 is 9.53 Å². The molecule has 0 unspecified atom stereocenters. The van der Waals surface area contributed by atoms with Crippen LogP contribution in [0.15, 0.2) is 60.0 Å². The third-order valence-electron chi connectivity index (χ3n) is 5.75. The van der Waals surface area contributed by atoms with E-state index in [-0.39, 0.29) is 11.9 Å². The number of methoxy groups -OCH3 is 1. The summed E-state index contributed by atoms with van der Waals surface area (Å²) in [5.41, 5.74) is 2.57. The van der Waals surface area contributed by atoms with Crippen molar-refractivity contribution in [1.29, 1.82) is 10.7 Å². The number of nitrogens with one attached hydrogen (secondary N) is 2. The van der Waals surface area contributed by atoms with Gasteiger partial charge >= 0.3 is 0 Å². The van der Waals surface area contributed by atoms with Crippen molar-refractivity contribution in [2.24, 2.45) is 0 Å². The minimum absolute atomic E-state index is 0.0682. The van der Waals surface area contributed by atoms with E-state index in [2.05, 4.69) is 11.4 Å². The number of carbonyl (C=O) groups is 1. The second-order valence-electron chi connectivity index (χ2n) is 7.67. The molecule has 31 heavy (non-hydrogen) atoms. The number of rotatable bonds is 4. The number of nitriles is 1. The average molecular weight is 431 g/mol. The molecule has 156 valence electrons. The van der Waals surface area contributed by atoms with E-state index in [4.69, 9.17) is 10.1 Å². The lowest BCUT2D eigenvalue weighted by Gasteiger charge is -2.45. The van der Waals surface area contributed by atoms with Gasteiger partial charge in [-0.1, -0.05) is 24.3 Å². The van der Waals surface area contributed by atoms with Gasteiger partial charge in [-0.05, 0) is 59.3 Å². The van der Waals surface area contributed by atoms with Crippen molar-refractivity contribution in [1.82, 2.24) is 10.2 Å². The zero-order valence-corrected chi connectivity index (χ0v) is 18.3. The minimum atomic E-state index is -0.801. The van der Waals surface area contributed by atoms with Crippen LogP contribution < -0.4 is 10.1 Å². The maximum Gasteiger partial charge on any atom is 0.239 e. The Balaban J connectivity index is 1.79. The van der Waals surface area contributed by atoms with E-state index in [0.717, 1.165) is 27.3 Å². The molecule has 7 heteroatoms. The van der Waals surface area contributed by atoms with Gasteiger partial charge in [0, 0.05) is 11.9 Å². The Morgan fingerprint density at radius 2 is 1.94 bits per heavy atom. The number of likely N-dealkylation sites (N-methyl/N-ethyl adjacent to an activating group) is 1. The number of amides is 1. The van der Waals surface area contributed by atoms with Crippen LogP contribution in [0.2, 0.25) is 0 Å². The van der Waals surface area contributed by atoms with Crippen LogP contribution in [0.3, 0.4) is 0 Å². The zero-order chi connectivity index (χ0) is 22.2. The number of nitrogens with zero attached hydrogens (tertiary/aromatic N) is 2. The largest absolute Gasteiger partial charge is 0.497 e. The molecular formula is C24H22N4O2S. The summed E-state index contributed by atoms with van der Waals surface area (Å²) >= 11 is 1.54. The van der Waals surface area contributed by atoms with Crippen LogP contribution in [-0.2, 0) is 10.3 Å². The Hall–Kier alpha value is -3.63. The first-order valence-electron chi connectivity index (χ1n) is 9.75. The molecule has 0 spiro atoms. The van der Waals surface area contributed by atoms with Gasteiger partial charge in [0.15, 0.2) is 5.96 Å². The molecule has 6 nitrogen and oxygen atoms in total. The van der Waals surface area contributed by atoms with Crippen molar-refractivity contribution >= 4 is 23.2 Å². The summed E-state index contributed by atoms with van der Waals surface area (Å²) in [6, 6.07) is 19.1. The van der Waals surface area contributed by atoms with E-state index in [0.29, 0.717) is 5.56 Å². The maximum absolute atomic E-state index is 13.3. The number of guanidine groups is 1. The molecule has 2 atom stereocenters. The van der Waals surface area contributed by atoms with Crippen LogP contribution in [-0.4, -0.2) is 30.9 Å². The predicted octanol–water partition coefficient (Wildman–Crippen LogP) is 4.29. The fourth-order valence-electron chi connectivity index (χ4n) is 3.96. The summed E-state index contributed by atoms with van der Waals surface area (Å²) in [7, 11) is 3.22. The summed E-state index contributed by atoms with van der Waals surface area (Å²) in [5, 5.41) is 22.8.